The van der Waals surface area contributed by atoms with Crippen LogP contribution in [-0.2, 0) is 11.2 Å². The van der Waals surface area contributed by atoms with Gasteiger partial charge in [0.15, 0.2) is 0 Å². The number of carboxylic acid groups (broad SMARTS) is 1. The molecule has 4 nitrogen and oxygen atoms in total. The predicted octanol–water partition coefficient (Wildman–Crippen LogP) is 1.07. The summed E-state index contributed by atoms with van der Waals surface area (Å²) >= 11 is 1.41. The first kappa shape index (κ1) is 11.9. The normalized spacial score (nSPS) is 12.4. The van der Waals surface area contributed by atoms with Crippen LogP contribution in [0.3, 0.4) is 0 Å². The van der Waals surface area contributed by atoms with Gasteiger partial charge in [-0.3, -0.25) is 4.79 Å². The van der Waals surface area contributed by atoms with E-state index in [9.17, 15) is 9.90 Å². The molecule has 0 bridgehead atoms. The van der Waals surface area contributed by atoms with Gasteiger partial charge in [0.05, 0.1) is 0 Å². The fourth-order valence-electron chi connectivity index (χ4n) is 1.19. The van der Waals surface area contributed by atoms with Crippen LogP contribution < -0.4 is 5.73 Å². The number of carboxylic acids is 1. The molecule has 82 valence electrons. The fourth-order valence-corrected chi connectivity index (χ4v) is 1.74. The van der Waals surface area contributed by atoms with Crippen LogP contribution in [0.4, 0.5) is 0 Å². The molecule has 0 aliphatic carbocycles. The third kappa shape index (κ3) is 3.14. The maximum atomic E-state index is 10.5. The average Bonchev–Trinajstić information content (AvgIpc) is 2.20. The SMILES string of the molecule is CSc1cc(C[C@H](N)C(=O)O)ccc1O. The number of benzene rings is 1. The van der Waals surface area contributed by atoms with E-state index < -0.39 is 12.0 Å². The highest BCUT2D eigenvalue weighted by atomic mass is 32.2. The number of rotatable bonds is 4. The van der Waals surface area contributed by atoms with Gasteiger partial charge in [-0.05, 0) is 30.4 Å². The summed E-state index contributed by atoms with van der Waals surface area (Å²) < 4.78 is 0. The van der Waals surface area contributed by atoms with Crippen LogP contribution in [0.15, 0.2) is 23.1 Å². The summed E-state index contributed by atoms with van der Waals surface area (Å²) in [5.41, 5.74) is 6.22. The first-order valence-electron chi connectivity index (χ1n) is 4.39. The number of carbonyl (C=O) groups is 1. The lowest BCUT2D eigenvalue weighted by Gasteiger charge is -2.08. The molecule has 15 heavy (non-hydrogen) atoms. The van der Waals surface area contributed by atoms with Crippen molar-refractivity contribution >= 4 is 17.7 Å². The highest BCUT2D eigenvalue weighted by Gasteiger charge is 2.12. The van der Waals surface area contributed by atoms with Gasteiger partial charge in [0.1, 0.15) is 11.8 Å². The molecule has 1 aromatic rings. The Bertz CT molecular complexity index is 368. The number of thioether (sulfide) groups is 1. The Labute approximate surface area is 92.1 Å². The molecule has 4 N–H and O–H groups in total. The van der Waals surface area contributed by atoms with Crippen molar-refractivity contribution in [2.75, 3.05) is 6.26 Å². The van der Waals surface area contributed by atoms with Crippen molar-refractivity contribution in [2.45, 2.75) is 17.4 Å². The molecule has 0 saturated carbocycles. The molecule has 0 radical (unpaired) electrons. The zero-order valence-corrected chi connectivity index (χ0v) is 9.12. The lowest BCUT2D eigenvalue weighted by atomic mass is 10.1. The van der Waals surface area contributed by atoms with Gasteiger partial charge in [-0.2, -0.15) is 0 Å². The fraction of sp³-hybridized carbons (Fsp3) is 0.300. The summed E-state index contributed by atoms with van der Waals surface area (Å²) in [4.78, 5) is 11.3. The van der Waals surface area contributed by atoms with Gasteiger partial charge in [-0.1, -0.05) is 6.07 Å². The zero-order valence-electron chi connectivity index (χ0n) is 8.30. The second-order valence-electron chi connectivity index (χ2n) is 3.16. The Morgan fingerprint density at radius 1 is 1.60 bits per heavy atom. The van der Waals surface area contributed by atoms with Crippen molar-refractivity contribution in [3.63, 3.8) is 0 Å². The van der Waals surface area contributed by atoms with E-state index in [4.69, 9.17) is 10.8 Å². The molecular formula is C10H13NO3S. The largest absolute Gasteiger partial charge is 0.507 e. The van der Waals surface area contributed by atoms with E-state index in [1.807, 2.05) is 6.26 Å². The monoisotopic (exact) mass is 227 g/mol. The maximum absolute atomic E-state index is 10.5. The Morgan fingerprint density at radius 3 is 2.80 bits per heavy atom. The number of phenolic OH excluding ortho intramolecular Hbond substituents is 1. The molecule has 0 fully saturated rings. The third-order valence-electron chi connectivity index (χ3n) is 2.02. The molecule has 0 aliphatic heterocycles. The summed E-state index contributed by atoms with van der Waals surface area (Å²) in [6.45, 7) is 0. The zero-order chi connectivity index (χ0) is 11.4. The predicted molar refractivity (Wildman–Crippen MR) is 59.2 cm³/mol. The molecule has 0 amide bonds. The molecule has 0 aliphatic rings. The number of aromatic hydroxyl groups is 1. The van der Waals surface area contributed by atoms with Crippen molar-refractivity contribution in [1.29, 1.82) is 0 Å². The molecule has 0 saturated heterocycles. The summed E-state index contributed by atoms with van der Waals surface area (Å²) in [7, 11) is 0. The number of hydrogen-bond donors (Lipinski definition) is 3. The first-order valence-corrected chi connectivity index (χ1v) is 5.61. The molecule has 1 atom stereocenters. The van der Waals surface area contributed by atoms with Gasteiger partial charge < -0.3 is 15.9 Å². The Kier molecular flexibility index (Phi) is 3.99. The van der Waals surface area contributed by atoms with Gasteiger partial charge in [0, 0.05) is 4.90 Å². The van der Waals surface area contributed by atoms with E-state index in [0.29, 0.717) is 0 Å². The highest BCUT2D eigenvalue weighted by molar-refractivity contribution is 7.98. The summed E-state index contributed by atoms with van der Waals surface area (Å²) in [6, 6.07) is 4.08. The van der Waals surface area contributed by atoms with E-state index in [-0.39, 0.29) is 12.2 Å². The topological polar surface area (TPSA) is 83.6 Å². The van der Waals surface area contributed by atoms with E-state index in [2.05, 4.69) is 0 Å². The van der Waals surface area contributed by atoms with Crippen LogP contribution >= 0.6 is 11.8 Å². The van der Waals surface area contributed by atoms with Gasteiger partial charge in [-0.25, -0.2) is 0 Å². The van der Waals surface area contributed by atoms with Gasteiger partial charge in [0.25, 0.3) is 0 Å². The minimum atomic E-state index is -1.02. The van der Waals surface area contributed by atoms with E-state index >= 15 is 0 Å². The number of nitrogens with two attached hydrogens (primary N) is 1. The maximum Gasteiger partial charge on any atom is 0.320 e. The van der Waals surface area contributed by atoms with E-state index in [0.717, 1.165) is 10.5 Å². The Hall–Kier alpha value is -1.20. The van der Waals surface area contributed by atoms with Crippen LogP contribution in [0.25, 0.3) is 0 Å². The van der Waals surface area contributed by atoms with Crippen LogP contribution in [0.5, 0.6) is 5.75 Å². The molecule has 5 heteroatoms. The number of phenols is 1. The quantitative estimate of drug-likeness (QED) is 0.670. The van der Waals surface area contributed by atoms with Crippen molar-refractivity contribution in [3.8, 4) is 5.75 Å². The van der Waals surface area contributed by atoms with Crippen molar-refractivity contribution in [2.24, 2.45) is 5.73 Å². The molecular weight excluding hydrogens is 214 g/mol. The van der Waals surface area contributed by atoms with Gasteiger partial charge in [-0.15, -0.1) is 11.8 Å². The minimum Gasteiger partial charge on any atom is -0.507 e. The second kappa shape index (κ2) is 5.04. The summed E-state index contributed by atoms with van der Waals surface area (Å²) in [6.07, 6.45) is 2.11. The Morgan fingerprint density at radius 2 is 2.27 bits per heavy atom. The van der Waals surface area contributed by atoms with Crippen molar-refractivity contribution < 1.29 is 15.0 Å². The van der Waals surface area contributed by atoms with Gasteiger partial charge in [0.2, 0.25) is 0 Å². The molecule has 1 rings (SSSR count). The number of hydrogen-bond acceptors (Lipinski definition) is 4. The highest BCUT2D eigenvalue weighted by Crippen LogP contribution is 2.27. The standard InChI is InChI=1S/C10H13NO3S/c1-15-9-5-6(2-3-8(9)12)4-7(11)10(13)14/h2-3,5,7,12H,4,11H2,1H3,(H,13,14)/t7-/m0/s1. The smallest absolute Gasteiger partial charge is 0.320 e. The molecule has 0 spiro atoms. The van der Waals surface area contributed by atoms with E-state index in [1.54, 1.807) is 18.2 Å². The second-order valence-corrected chi connectivity index (χ2v) is 4.00. The van der Waals surface area contributed by atoms with Crippen LogP contribution in [0, 0.1) is 0 Å². The Balaban J connectivity index is 2.83. The lowest BCUT2D eigenvalue weighted by molar-refractivity contribution is -0.138. The van der Waals surface area contributed by atoms with Crippen LogP contribution in [0.1, 0.15) is 5.56 Å². The van der Waals surface area contributed by atoms with Crippen LogP contribution in [0.2, 0.25) is 0 Å². The minimum absolute atomic E-state index is 0.204. The molecule has 0 unspecified atom stereocenters. The first-order chi connectivity index (χ1) is 7.04. The van der Waals surface area contributed by atoms with Crippen molar-refractivity contribution in [3.05, 3.63) is 23.8 Å². The van der Waals surface area contributed by atoms with Crippen LogP contribution in [-0.4, -0.2) is 28.5 Å². The van der Waals surface area contributed by atoms with Crippen molar-refractivity contribution in [1.82, 2.24) is 0 Å². The molecule has 0 heterocycles. The summed E-state index contributed by atoms with van der Waals surface area (Å²) in [5, 5.41) is 18.1. The van der Waals surface area contributed by atoms with E-state index in [1.165, 1.54) is 11.8 Å². The van der Waals surface area contributed by atoms with Gasteiger partial charge >= 0.3 is 5.97 Å². The lowest BCUT2D eigenvalue weighted by Crippen LogP contribution is -2.32. The third-order valence-corrected chi connectivity index (χ3v) is 2.78. The molecule has 0 aromatic heterocycles. The molecule has 1 aromatic carbocycles. The summed E-state index contributed by atoms with van der Waals surface area (Å²) in [5.74, 6) is -0.816. The number of aliphatic carboxylic acids is 1. The average molecular weight is 227 g/mol.